The van der Waals surface area contributed by atoms with Gasteiger partial charge in [0.1, 0.15) is 5.69 Å². The van der Waals surface area contributed by atoms with Crippen LogP contribution in [0.15, 0.2) is 10.5 Å². The molecule has 0 bridgehead atoms. The van der Waals surface area contributed by atoms with E-state index in [0.717, 1.165) is 0 Å². The van der Waals surface area contributed by atoms with Crippen LogP contribution in [-0.4, -0.2) is 12.1 Å². The van der Waals surface area contributed by atoms with Crippen molar-refractivity contribution in [3.05, 3.63) is 21.4 Å². The van der Waals surface area contributed by atoms with Crippen molar-refractivity contribution in [3.63, 3.8) is 0 Å². The van der Waals surface area contributed by atoms with Gasteiger partial charge < -0.3 is 4.74 Å². The van der Waals surface area contributed by atoms with Crippen LogP contribution in [0.3, 0.4) is 0 Å². The zero-order chi connectivity index (χ0) is 10.0. The first-order chi connectivity index (χ1) is 6.06. The van der Waals surface area contributed by atoms with Crippen molar-refractivity contribution in [3.8, 4) is 5.75 Å². The van der Waals surface area contributed by atoms with E-state index in [1.54, 1.807) is 0 Å². The van der Waals surface area contributed by atoms with E-state index in [1.807, 2.05) is 0 Å². The molecule has 2 nitrogen and oxygen atoms in total. The number of hydrogen-bond acceptors (Lipinski definition) is 2. The molecule has 0 aliphatic carbocycles. The Hall–Kier alpha value is -0.420. The van der Waals surface area contributed by atoms with Gasteiger partial charge in [-0.1, -0.05) is 11.6 Å². The molecule has 1 aromatic heterocycles. The summed E-state index contributed by atoms with van der Waals surface area (Å²) in [6.07, 6.45) is -2.65. The fraction of sp³-hybridized carbons (Fsp3) is 0.286. The van der Waals surface area contributed by atoms with Crippen LogP contribution in [0.2, 0.25) is 5.15 Å². The van der Waals surface area contributed by atoms with Crippen molar-refractivity contribution in [1.29, 1.82) is 0 Å². The Kier molecular flexibility index (Phi) is 3.44. The lowest BCUT2D eigenvalue weighted by molar-refractivity contribution is 0.145. The van der Waals surface area contributed by atoms with Gasteiger partial charge in [0.05, 0.1) is 7.11 Å². The quantitative estimate of drug-likeness (QED) is 0.769. The number of halogens is 4. The van der Waals surface area contributed by atoms with Gasteiger partial charge in [0.15, 0.2) is 10.9 Å². The van der Waals surface area contributed by atoms with Gasteiger partial charge in [-0.2, -0.15) is 0 Å². The molecular weight excluding hydrogens is 267 g/mol. The molecule has 1 aromatic rings. The first-order valence-corrected chi connectivity index (χ1v) is 4.41. The highest BCUT2D eigenvalue weighted by atomic mass is 79.9. The summed E-state index contributed by atoms with van der Waals surface area (Å²) in [5, 5.41) is -0.0685. The summed E-state index contributed by atoms with van der Waals surface area (Å²) < 4.78 is 29.5. The van der Waals surface area contributed by atoms with Crippen LogP contribution in [0.1, 0.15) is 12.1 Å². The van der Waals surface area contributed by atoms with Crippen molar-refractivity contribution in [2.24, 2.45) is 0 Å². The molecule has 0 aromatic carbocycles. The number of nitrogens with zero attached hydrogens (tertiary/aromatic N) is 1. The molecule has 72 valence electrons. The molecule has 0 radical (unpaired) electrons. The summed E-state index contributed by atoms with van der Waals surface area (Å²) >= 11 is 8.50. The molecule has 1 rings (SSSR count). The second kappa shape index (κ2) is 4.19. The molecule has 6 heteroatoms. The summed E-state index contributed by atoms with van der Waals surface area (Å²) in [5.74, 6) is 0.262. The molecular formula is C7H5BrClF2NO. The number of pyridine rings is 1. The number of hydrogen-bond donors (Lipinski definition) is 0. The largest absolute Gasteiger partial charge is 0.493 e. The normalized spacial score (nSPS) is 10.6. The molecule has 1 heterocycles. The van der Waals surface area contributed by atoms with E-state index in [9.17, 15) is 8.78 Å². The molecule has 0 unspecified atom stereocenters. The summed E-state index contributed by atoms with van der Waals surface area (Å²) in [7, 11) is 1.39. The first kappa shape index (κ1) is 10.7. The van der Waals surface area contributed by atoms with Crippen LogP contribution in [0.4, 0.5) is 8.78 Å². The van der Waals surface area contributed by atoms with Gasteiger partial charge in [-0.25, -0.2) is 13.8 Å². The molecule has 13 heavy (non-hydrogen) atoms. The molecule has 0 saturated heterocycles. The first-order valence-electron chi connectivity index (χ1n) is 3.24. The van der Waals surface area contributed by atoms with E-state index in [-0.39, 0.29) is 21.1 Å². The fourth-order valence-electron chi connectivity index (χ4n) is 0.759. The second-order valence-electron chi connectivity index (χ2n) is 2.15. The maximum absolute atomic E-state index is 12.3. The zero-order valence-corrected chi connectivity index (χ0v) is 8.86. The average Bonchev–Trinajstić information content (AvgIpc) is 2.07. The number of aromatic nitrogens is 1. The third-order valence-corrected chi connectivity index (χ3v) is 2.26. The van der Waals surface area contributed by atoms with Crippen LogP contribution < -0.4 is 4.74 Å². The highest BCUT2D eigenvalue weighted by Gasteiger charge is 2.16. The Morgan fingerprint density at radius 1 is 1.62 bits per heavy atom. The number of methoxy groups -OCH3 is 1. The van der Waals surface area contributed by atoms with E-state index in [4.69, 9.17) is 16.3 Å². The van der Waals surface area contributed by atoms with Crippen molar-refractivity contribution >= 4 is 27.5 Å². The van der Waals surface area contributed by atoms with Crippen LogP contribution in [0.25, 0.3) is 0 Å². The molecule has 0 aliphatic heterocycles. The Bertz CT molecular complexity index is 322. The Morgan fingerprint density at radius 2 is 2.23 bits per heavy atom. The summed E-state index contributed by atoms with van der Waals surface area (Å²) in [5.41, 5.74) is -0.384. The van der Waals surface area contributed by atoms with Crippen LogP contribution >= 0.6 is 27.5 Å². The minimum Gasteiger partial charge on any atom is -0.493 e. The van der Waals surface area contributed by atoms with E-state index >= 15 is 0 Å². The number of rotatable bonds is 2. The molecule has 0 fully saturated rings. The van der Waals surface area contributed by atoms with Gasteiger partial charge in [0.2, 0.25) is 0 Å². The van der Waals surface area contributed by atoms with Crippen molar-refractivity contribution < 1.29 is 13.5 Å². The van der Waals surface area contributed by atoms with Gasteiger partial charge in [-0.05, 0) is 22.0 Å². The summed E-state index contributed by atoms with van der Waals surface area (Å²) in [6.45, 7) is 0. The Labute approximate surface area is 87.0 Å². The van der Waals surface area contributed by atoms with E-state index in [0.29, 0.717) is 0 Å². The third-order valence-electron chi connectivity index (χ3n) is 1.35. The van der Waals surface area contributed by atoms with Crippen molar-refractivity contribution in [2.75, 3.05) is 7.11 Å². The van der Waals surface area contributed by atoms with Gasteiger partial charge in [0, 0.05) is 4.47 Å². The third kappa shape index (κ3) is 2.28. The highest BCUT2D eigenvalue weighted by Crippen LogP contribution is 2.32. The van der Waals surface area contributed by atoms with E-state index in [1.165, 1.54) is 13.2 Å². The summed E-state index contributed by atoms with van der Waals surface area (Å²) in [6, 6.07) is 1.36. The van der Waals surface area contributed by atoms with Gasteiger partial charge in [0.25, 0.3) is 6.43 Å². The lowest BCUT2D eigenvalue weighted by Gasteiger charge is -2.06. The smallest absolute Gasteiger partial charge is 0.281 e. The molecule has 0 spiro atoms. The van der Waals surface area contributed by atoms with Crippen molar-refractivity contribution in [1.82, 2.24) is 4.98 Å². The minimum atomic E-state index is -2.65. The van der Waals surface area contributed by atoms with Crippen LogP contribution in [-0.2, 0) is 0 Å². The molecule has 0 aliphatic rings. The minimum absolute atomic E-state index is 0.0685. The molecule has 0 saturated carbocycles. The lowest BCUT2D eigenvalue weighted by atomic mass is 10.3. The van der Waals surface area contributed by atoms with E-state index < -0.39 is 6.43 Å². The van der Waals surface area contributed by atoms with Gasteiger partial charge in [-0.3, -0.25) is 0 Å². The second-order valence-corrected chi connectivity index (χ2v) is 3.36. The molecule has 0 atom stereocenters. The van der Waals surface area contributed by atoms with Crippen LogP contribution in [0.5, 0.6) is 5.75 Å². The maximum Gasteiger partial charge on any atom is 0.281 e. The predicted molar refractivity (Wildman–Crippen MR) is 48.5 cm³/mol. The maximum atomic E-state index is 12.3. The average molecular weight is 272 g/mol. The number of alkyl halides is 2. The number of ether oxygens (including phenoxy) is 1. The van der Waals surface area contributed by atoms with E-state index in [2.05, 4.69) is 20.9 Å². The van der Waals surface area contributed by atoms with Crippen molar-refractivity contribution in [2.45, 2.75) is 6.43 Å². The topological polar surface area (TPSA) is 22.1 Å². The lowest BCUT2D eigenvalue weighted by Crippen LogP contribution is -1.95. The highest BCUT2D eigenvalue weighted by molar-refractivity contribution is 9.10. The Balaban J connectivity index is 3.20. The monoisotopic (exact) mass is 271 g/mol. The predicted octanol–water partition coefficient (Wildman–Crippen LogP) is 3.44. The standard InChI is InChI=1S/C7H5BrClF2NO/c1-13-4-2-3(8)5(7(10)11)12-6(4)9/h2,7H,1H3. The van der Waals surface area contributed by atoms with Gasteiger partial charge >= 0.3 is 0 Å². The van der Waals surface area contributed by atoms with Crippen LogP contribution in [0, 0.1) is 0 Å². The molecule has 0 N–H and O–H groups in total. The Morgan fingerprint density at radius 3 is 2.69 bits per heavy atom. The SMILES string of the molecule is COc1cc(Br)c(C(F)F)nc1Cl. The fourth-order valence-corrected chi connectivity index (χ4v) is 1.45. The van der Waals surface area contributed by atoms with Gasteiger partial charge in [-0.15, -0.1) is 0 Å². The molecule has 0 amide bonds. The zero-order valence-electron chi connectivity index (χ0n) is 6.52. The summed E-state index contributed by atoms with van der Waals surface area (Å²) in [4.78, 5) is 3.49.